The van der Waals surface area contributed by atoms with Gasteiger partial charge in [-0.1, -0.05) is 13.8 Å². The average Bonchev–Trinajstić information content (AvgIpc) is 2.01. The van der Waals surface area contributed by atoms with Crippen LogP contribution in [0.5, 0.6) is 0 Å². The molecule has 0 heterocycles. The molecule has 0 spiro atoms. The van der Waals surface area contributed by atoms with Crippen LogP contribution in [0.25, 0.3) is 0 Å². The lowest BCUT2D eigenvalue weighted by molar-refractivity contribution is -0.126. The molecule has 0 aliphatic heterocycles. The van der Waals surface area contributed by atoms with Gasteiger partial charge in [0.1, 0.15) is 0 Å². The molecule has 0 fully saturated rings. The largest absolute Gasteiger partial charge is 0.349 e. The predicted molar refractivity (Wildman–Crippen MR) is 56.6 cm³/mol. The van der Waals surface area contributed by atoms with Crippen molar-refractivity contribution in [2.75, 3.05) is 6.61 Å². The predicted octanol–water partition coefficient (Wildman–Crippen LogP) is 1.79. The Labute approximate surface area is 85.8 Å². The third kappa shape index (κ3) is 5.16. The van der Waals surface area contributed by atoms with Crippen molar-refractivity contribution in [3.63, 3.8) is 0 Å². The van der Waals surface area contributed by atoms with Crippen LogP contribution in [0.3, 0.4) is 0 Å². The highest BCUT2D eigenvalue weighted by atomic mass is 32.1. The maximum absolute atomic E-state index is 11.5. The summed E-state index contributed by atoms with van der Waals surface area (Å²) in [7, 11) is 0. The number of hydrogen-bond acceptors (Lipinski definition) is 3. The van der Waals surface area contributed by atoms with Gasteiger partial charge in [0.25, 0.3) is 0 Å². The Hall–Kier alpha value is -0.220. The molecular formula is C9H19NO2S. The summed E-state index contributed by atoms with van der Waals surface area (Å²) in [6.45, 7) is 8.12. The normalized spacial score (nSPS) is 13.9. The zero-order valence-electron chi connectivity index (χ0n) is 8.76. The number of carbonyl (C=O) groups excluding carboxylic acids is 1. The third-order valence-corrected chi connectivity index (χ3v) is 2.08. The molecule has 0 aromatic heterocycles. The standard InChI is InChI=1S/C9H19NO2S/c1-5-7(2)8(11)10-9(3,4)6-12-13/h7,13H,5-6H2,1-4H3,(H,10,11). The van der Waals surface area contributed by atoms with Crippen molar-refractivity contribution in [3.8, 4) is 0 Å². The number of nitrogens with one attached hydrogen (secondary N) is 1. The lowest BCUT2D eigenvalue weighted by Crippen LogP contribution is -2.48. The van der Waals surface area contributed by atoms with Crippen molar-refractivity contribution in [2.24, 2.45) is 5.92 Å². The van der Waals surface area contributed by atoms with E-state index in [1.54, 1.807) is 0 Å². The van der Waals surface area contributed by atoms with Gasteiger partial charge in [-0.05, 0) is 33.2 Å². The van der Waals surface area contributed by atoms with E-state index in [1.165, 1.54) is 0 Å². The monoisotopic (exact) mass is 205 g/mol. The molecule has 0 aromatic rings. The van der Waals surface area contributed by atoms with E-state index in [-0.39, 0.29) is 17.4 Å². The molecular weight excluding hydrogens is 186 g/mol. The number of rotatable bonds is 5. The zero-order chi connectivity index (χ0) is 10.5. The smallest absolute Gasteiger partial charge is 0.223 e. The van der Waals surface area contributed by atoms with E-state index in [9.17, 15) is 4.79 Å². The molecule has 1 N–H and O–H groups in total. The molecule has 1 unspecified atom stereocenters. The van der Waals surface area contributed by atoms with Gasteiger partial charge in [0.2, 0.25) is 5.91 Å². The minimum Gasteiger partial charge on any atom is -0.349 e. The molecule has 0 aromatic carbocycles. The highest BCUT2D eigenvalue weighted by molar-refractivity contribution is 7.75. The fourth-order valence-corrected chi connectivity index (χ4v) is 1.16. The maximum Gasteiger partial charge on any atom is 0.223 e. The molecule has 0 saturated carbocycles. The van der Waals surface area contributed by atoms with Crippen LogP contribution in [0.2, 0.25) is 0 Å². The van der Waals surface area contributed by atoms with E-state index < -0.39 is 0 Å². The van der Waals surface area contributed by atoms with Gasteiger partial charge in [0, 0.05) is 5.92 Å². The molecule has 0 saturated heterocycles. The number of thiol groups is 1. The molecule has 1 atom stereocenters. The Bertz CT molecular complexity index is 171. The summed E-state index contributed by atoms with van der Waals surface area (Å²) in [5.74, 6) is 0.122. The SMILES string of the molecule is CCC(C)C(=O)NC(C)(C)COS. The zero-order valence-corrected chi connectivity index (χ0v) is 9.65. The van der Waals surface area contributed by atoms with Crippen molar-refractivity contribution >= 4 is 18.8 Å². The molecule has 0 radical (unpaired) electrons. The van der Waals surface area contributed by atoms with Crippen LogP contribution in [-0.4, -0.2) is 18.1 Å². The van der Waals surface area contributed by atoms with Crippen LogP contribution in [-0.2, 0) is 8.98 Å². The molecule has 78 valence electrons. The molecule has 1 amide bonds. The summed E-state index contributed by atoms with van der Waals surface area (Å²) in [6.07, 6.45) is 0.851. The van der Waals surface area contributed by atoms with Gasteiger partial charge in [0.15, 0.2) is 0 Å². The molecule has 0 rings (SSSR count). The Morgan fingerprint density at radius 1 is 1.62 bits per heavy atom. The first-order chi connectivity index (χ1) is 5.93. The molecule has 4 heteroatoms. The summed E-state index contributed by atoms with van der Waals surface area (Å²) in [6, 6.07) is 0. The van der Waals surface area contributed by atoms with Crippen molar-refractivity contribution in [3.05, 3.63) is 0 Å². The first-order valence-electron chi connectivity index (χ1n) is 4.51. The Kier molecular flexibility index (Phi) is 5.40. The number of amides is 1. The van der Waals surface area contributed by atoms with Crippen LogP contribution in [0.15, 0.2) is 0 Å². The van der Waals surface area contributed by atoms with E-state index in [0.717, 1.165) is 6.42 Å². The van der Waals surface area contributed by atoms with Gasteiger partial charge in [-0.2, -0.15) is 0 Å². The Morgan fingerprint density at radius 2 is 2.15 bits per heavy atom. The van der Waals surface area contributed by atoms with Crippen molar-refractivity contribution < 1.29 is 8.98 Å². The van der Waals surface area contributed by atoms with Gasteiger partial charge in [-0.3, -0.25) is 4.79 Å². The minimum atomic E-state index is -0.345. The molecule has 3 nitrogen and oxygen atoms in total. The van der Waals surface area contributed by atoms with Crippen LogP contribution in [0, 0.1) is 5.92 Å². The first kappa shape index (κ1) is 12.8. The molecule has 0 aliphatic carbocycles. The van der Waals surface area contributed by atoms with Crippen molar-refractivity contribution in [1.82, 2.24) is 5.32 Å². The fraction of sp³-hybridized carbons (Fsp3) is 0.889. The second-order valence-electron chi connectivity index (χ2n) is 3.96. The third-order valence-electron chi connectivity index (χ3n) is 1.95. The van der Waals surface area contributed by atoms with Gasteiger partial charge < -0.3 is 9.50 Å². The minimum absolute atomic E-state index is 0.0548. The lowest BCUT2D eigenvalue weighted by Gasteiger charge is -2.26. The van der Waals surface area contributed by atoms with Gasteiger partial charge in [0.05, 0.1) is 12.1 Å². The quantitative estimate of drug-likeness (QED) is 0.530. The fourth-order valence-electron chi connectivity index (χ4n) is 0.840. The first-order valence-corrected chi connectivity index (χ1v) is 4.88. The van der Waals surface area contributed by atoms with E-state index in [1.807, 2.05) is 27.7 Å². The Morgan fingerprint density at radius 3 is 2.54 bits per heavy atom. The number of carbonyl (C=O) groups is 1. The second-order valence-corrected chi connectivity index (χ2v) is 4.21. The van der Waals surface area contributed by atoms with E-state index >= 15 is 0 Å². The summed E-state index contributed by atoms with van der Waals surface area (Å²) in [5, 5.41) is 2.90. The molecule has 13 heavy (non-hydrogen) atoms. The van der Waals surface area contributed by atoms with Crippen molar-refractivity contribution in [2.45, 2.75) is 39.7 Å². The lowest BCUT2D eigenvalue weighted by atomic mass is 10.0. The summed E-state index contributed by atoms with van der Waals surface area (Å²) in [5.41, 5.74) is -0.345. The van der Waals surface area contributed by atoms with Crippen molar-refractivity contribution in [1.29, 1.82) is 0 Å². The molecule has 0 aliphatic rings. The van der Waals surface area contributed by atoms with Crippen LogP contribution >= 0.6 is 12.9 Å². The van der Waals surface area contributed by atoms with Gasteiger partial charge in [-0.15, -0.1) is 0 Å². The Balaban J connectivity index is 4.03. The number of hydrogen-bond donors (Lipinski definition) is 2. The van der Waals surface area contributed by atoms with Crippen LogP contribution in [0.4, 0.5) is 0 Å². The highest BCUT2D eigenvalue weighted by Crippen LogP contribution is 2.07. The van der Waals surface area contributed by atoms with Crippen LogP contribution in [0.1, 0.15) is 34.1 Å². The van der Waals surface area contributed by atoms with Crippen LogP contribution < -0.4 is 5.32 Å². The topological polar surface area (TPSA) is 38.3 Å². The van der Waals surface area contributed by atoms with Gasteiger partial charge in [-0.25, -0.2) is 0 Å². The summed E-state index contributed by atoms with van der Waals surface area (Å²) in [4.78, 5) is 11.5. The molecule has 0 bridgehead atoms. The summed E-state index contributed by atoms with van der Waals surface area (Å²) >= 11 is 3.66. The average molecular weight is 205 g/mol. The van der Waals surface area contributed by atoms with E-state index in [2.05, 4.69) is 18.2 Å². The highest BCUT2D eigenvalue weighted by Gasteiger charge is 2.22. The van der Waals surface area contributed by atoms with E-state index in [0.29, 0.717) is 6.61 Å². The maximum atomic E-state index is 11.5. The summed E-state index contributed by atoms with van der Waals surface area (Å²) < 4.78 is 4.70. The van der Waals surface area contributed by atoms with E-state index in [4.69, 9.17) is 4.18 Å². The second kappa shape index (κ2) is 5.50. The van der Waals surface area contributed by atoms with Gasteiger partial charge >= 0.3 is 0 Å².